The lowest BCUT2D eigenvalue weighted by molar-refractivity contribution is -0.118. The number of aryl methyl sites for hydroxylation is 1. The number of aliphatic hydroxyl groups excluding tert-OH is 1. The molecule has 3 rings (SSSR count). The maximum absolute atomic E-state index is 12.4. The van der Waals surface area contributed by atoms with Crippen LogP contribution in [0, 0.1) is 0 Å². The second kappa shape index (κ2) is 6.58. The smallest absolute Gasteiger partial charge is 0.241 e. The minimum Gasteiger partial charge on any atom is -0.392 e. The van der Waals surface area contributed by atoms with Crippen molar-refractivity contribution in [3.05, 3.63) is 29.8 Å². The minimum absolute atomic E-state index is 0.0244. The Hall–Kier alpha value is -1.39. The van der Waals surface area contributed by atoms with E-state index in [-0.39, 0.29) is 24.1 Å². The summed E-state index contributed by atoms with van der Waals surface area (Å²) in [5.74, 6) is 0.0244. The van der Waals surface area contributed by atoms with Crippen LogP contribution in [0.2, 0.25) is 0 Å². The highest BCUT2D eigenvalue weighted by Crippen LogP contribution is 2.23. The number of hydrogen-bond donors (Lipinski definition) is 3. The van der Waals surface area contributed by atoms with E-state index in [1.165, 1.54) is 12.0 Å². The molecule has 2 aliphatic rings. The molecule has 1 fully saturated rings. The number of benzene rings is 1. The van der Waals surface area contributed by atoms with Crippen molar-refractivity contribution in [3.8, 4) is 0 Å². The quantitative estimate of drug-likeness (QED) is 0.731. The summed E-state index contributed by atoms with van der Waals surface area (Å²) in [5.41, 5.74) is 2.12. The Bertz CT molecular complexity index is 503. The Morgan fingerprint density at radius 2 is 1.90 bits per heavy atom. The Morgan fingerprint density at radius 3 is 2.81 bits per heavy atom. The number of rotatable bonds is 2. The van der Waals surface area contributed by atoms with Gasteiger partial charge in [-0.1, -0.05) is 37.5 Å². The zero-order chi connectivity index (χ0) is 14.7. The summed E-state index contributed by atoms with van der Waals surface area (Å²) in [7, 11) is 0. The Balaban J connectivity index is 1.68. The molecule has 0 bridgehead atoms. The van der Waals surface area contributed by atoms with Gasteiger partial charge in [-0.3, -0.25) is 4.79 Å². The van der Waals surface area contributed by atoms with Crippen molar-refractivity contribution in [1.29, 1.82) is 0 Å². The number of aliphatic hydroxyl groups is 1. The molecule has 0 spiro atoms. The molecule has 1 aromatic rings. The van der Waals surface area contributed by atoms with Gasteiger partial charge in [-0.25, -0.2) is 0 Å². The first-order valence-corrected chi connectivity index (χ1v) is 8.07. The molecular formula is C17H24N2O2. The highest BCUT2D eigenvalue weighted by atomic mass is 16.3. The molecule has 4 nitrogen and oxygen atoms in total. The van der Waals surface area contributed by atoms with Crippen molar-refractivity contribution in [3.63, 3.8) is 0 Å². The van der Waals surface area contributed by atoms with Gasteiger partial charge in [0.25, 0.3) is 0 Å². The summed E-state index contributed by atoms with van der Waals surface area (Å²) in [6, 6.07) is 7.81. The van der Waals surface area contributed by atoms with Crippen LogP contribution in [0.25, 0.3) is 0 Å². The van der Waals surface area contributed by atoms with E-state index in [4.69, 9.17) is 0 Å². The molecule has 0 radical (unpaired) electrons. The molecule has 1 aromatic carbocycles. The zero-order valence-corrected chi connectivity index (χ0v) is 12.3. The predicted molar refractivity (Wildman–Crippen MR) is 83.2 cm³/mol. The molecule has 1 aliphatic heterocycles. The lowest BCUT2D eigenvalue weighted by atomic mass is 10.0. The normalized spacial score (nSPS) is 30.0. The summed E-state index contributed by atoms with van der Waals surface area (Å²) in [4.78, 5) is 12.4. The van der Waals surface area contributed by atoms with Crippen molar-refractivity contribution >= 4 is 11.6 Å². The maximum atomic E-state index is 12.4. The number of hydrogen-bond acceptors (Lipinski definition) is 3. The third-order valence-corrected chi connectivity index (χ3v) is 4.69. The largest absolute Gasteiger partial charge is 0.392 e. The van der Waals surface area contributed by atoms with Gasteiger partial charge in [-0.05, 0) is 37.3 Å². The number of amides is 1. The molecule has 1 amide bonds. The molecule has 114 valence electrons. The topological polar surface area (TPSA) is 61.4 Å². The van der Waals surface area contributed by atoms with Gasteiger partial charge >= 0.3 is 0 Å². The number of anilines is 1. The van der Waals surface area contributed by atoms with E-state index < -0.39 is 0 Å². The Labute approximate surface area is 125 Å². The lowest BCUT2D eigenvalue weighted by Gasteiger charge is -2.26. The fourth-order valence-corrected chi connectivity index (χ4v) is 3.41. The second-order valence-corrected chi connectivity index (χ2v) is 6.22. The Morgan fingerprint density at radius 1 is 1.10 bits per heavy atom. The number of para-hydroxylation sites is 1. The maximum Gasteiger partial charge on any atom is 0.241 e. The molecule has 0 aromatic heterocycles. The van der Waals surface area contributed by atoms with E-state index in [0.717, 1.165) is 44.2 Å². The van der Waals surface area contributed by atoms with E-state index in [0.29, 0.717) is 0 Å². The van der Waals surface area contributed by atoms with E-state index >= 15 is 0 Å². The van der Waals surface area contributed by atoms with Crippen molar-refractivity contribution < 1.29 is 9.90 Å². The molecule has 4 heteroatoms. The number of fused-ring (bicyclic) bond motifs is 1. The average Bonchev–Trinajstić information content (AvgIpc) is 2.77. The fourth-order valence-electron chi connectivity index (χ4n) is 3.41. The summed E-state index contributed by atoms with van der Waals surface area (Å²) in [5, 5.41) is 16.6. The second-order valence-electron chi connectivity index (χ2n) is 6.22. The summed E-state index contributed by atoms with van der Waals surface area (Å²) >= 11 is 0. The van der Waals surface area contributed by atoms with E-state index in [9.17, 15) is 9.90 Å². The van der Waals surface area contributed by atoms with Crippen LogP contribution in [0.4, 0.5) is 5.69 Å². The van der Waals surface area contributed by atoms with Crippen LogP contribution >= 0.6 is 0 Å². The predicted octanol–water partition coefficient (Wildman–Crippen LogP) is 2.22. The van der Waals surface area contributed by atoms with Gasteiger partial charge < -0.3 is 15.7 Å². The van der Waals surface area contributed by atoms with Gasteiger partial charge in [-0.15, -0.1) is 0 Å². The van der Waals surface area contributed by atoms with Crippen LogP contribution in [0.1, 0.15) is 44.1 Å². The molecule has 21 heavy (non-hydrogen) atoms. The number of nitrogens with one attached hydrogen (secondary N) is 2. The first kappa shape index (κ1) is 14.5. The van der Waals surface area contributed by atoms with Gasteiger partial charge in [0.05, 0.1) is 12.1 Å². The average molecular weight is 288 g/mol. The summed E-state index contributed by atoms with van der Waals surface area (Å²) < 4.78 is 0. The molecule has 3 atom stereocenters. The molecule has 1 aliphatic carbocycles. The van der Waals surface area contributed by atoms with Gasteiger partial charge in [0.2, 0.25) is 5.91 Å². The summed E-state index contributed by atoms with van der Waals surface area (Å²) in [6.45, 7) is 0. The zero-order valence-electron chi connectivity index (χ0n) is 12.3. The standard InChI is InChI=1S/C17H24N2O2/c20-16-9-3-1-2-8-14(16)18-15-11-10-12-6-4-5-7-13(12)19-17(15)21/h4-7,14-16,18,20H,1-3,8-11H2,(H,19,21). The first-order chi connectivity index (χ1) is 10.2. The lowest BCUT2D eigenvalue weighted by Crippen LogP contribution is -2.49. The number of carbonyl (C=O) groups excluding carboxylic acids is 1. The van der Waals surface area contributed by atoms with Crippen molar-refractivity contribution in [2.45, 2.75) is 63.1 Å². The van der Waals surface area contributed by atoms with Crippen LogP contribution in [0.15, 0.2) is 24.3 Å². The van der Waals surface area contributed by atoms with E-state index in [1.807, 2.05) is 18.2 Å². The van der Waals surface area contributed by atoms with Crippen LogP contribution in [-0.2, 0) is 11.2 Å². The SMILES string of the molecule is O=C1Nc2ccccc2CCC1NC1CCCCCC1O. The Kier molecular flexibility index (Phi) is 4.56. The molecule has 1 saturated carbocycles. The molecule has 0 saturated heterocycles. The molecule has 3 N–H and O–H groups in total. The third kappa shape index (κ3) is 3.44. The van der Waals surface area contributed by atoms with Crippen molar-refractivity contribution in [2.75, 3.05) is 5.32 Å². The van der Waals surface area contributed by atoms with Crippen molar-refractivity contribution in [1.82, 2.24) is 5.32 Å². The first-order valence-electron chi connectivity index (χ1n) is 8.07. The van der Waals surface area contributed by atoms with E-state index in [2.05, 4.69) is 16.7 Å². The van der Waals surface area contributed by atoms with Crippen LogP contribution in [0.3, 0.4) is 0 Å². The van der Waals surface area contributed by atoms with Gasteiger partial charge in [0.15, 0.2) is 0 Å². The number of carbonyl (C=O) groups is 1. The highest BCUT2D eigenvalue weighted by Gasteiger charge is 2.29. The molecule has 3 unspecified atom stereocenters. The highest BCUT2D eigenvalue weighted by molar-refractivity contribution is 5.96. The minimum atomic E-state index is -0.328. The van der Waals surface area contributed by atoms with Crippen LogP contribution in [0.5, 0.6) is 0 Å². The van der Waals surface area contributed by atoms with Crippen LogP contribution in [-0.4, -0.2) is 29.2 Å². The summed E-state index contributed by atoms with van der Waals surface area (Å²) in [6.07, 6.45) is 6.53. The molecular weight excluding hydrogens is 264 g/mol. The fraction of sp³-hybridized carbons (Fsp3) is 0.588. The van der Waals surface area contributed by atoms with Crippen LogP contribution < -0.4 is 10.6 Å². The van der Waals surface area contributed by atoms with Crippen molar-refractivity contribution in [2.24, 2.45) is 0 Å². The molecule has 1 heterocycles. The third-order valence-electron chi connectivity index (χ3n) is 4.69. The van der Waals surface area contributed by atoms with Gasteiger partial charge in [0.1, 0.15) is 0 Å². The van der Waals surface area contributed by atoms with Gasteiger partial charge in [-0.2, -0.15) is 0 Å². The monoisotopic (exact) mass is 288 g/mol. The van der Waals surface area contributed by atoms with Gasteiger partial charge in [0, 0.05) is 11.7 Å². The van der Waals surface area contributed by atoms with E-state index in [1.54, 1.807) is 0 Å².